The molecule has 2 aliphatic heterocycles. The van der Waals surface area contributed by atoms with Crippen LogP contribution in [0.25, 0.3) is 0 Å². The number of hydrogen-bond acceptors (Lipinski definition) is 7. The van der Waals surface area contributed by atoms with E-state index in [0.29, 0.717) is 43.3 Å². The molecule has 0 radical (unpaired) electrons. The van der Waals surface area contributed by atoms with Crippen LogP contribution < -0.4 is 9.96 Å². The lowest BCUT2D eigenvalue weighted by Gasteiger charge is -2.29. The molecule has 0 spiro atoms. The number of hydrogen-bond donors (Lipinski definition) is 0. The van der Waals surface area contributed by atoms with Gasteiger partial charge in [-0.3, -0.25) is 14.4 Å². The molecule has 7 nitrogen and oxygen atoms in total. The summed E-state index contributed by atoms with van der Waals surface area (Å²) in [5, 5.41) is 3.15. The van der Waals surface area contributed by atoms with E-state index in [-0.39, 0.29) is 0 Å². The summed E-state index contributed by atoms with van der Waals surface area (Å²) in [5.74, 6) is -2.47. The fourth-order valence-electron chi connectivity index (χ4n) is 5.51. The van der Waals surface area contributed by atoms with Crippen molar-refractivity contribution in [2.24, 2.45) is 5.92 Å². The standard InChI is InChI=1S/C27H21Cl3N2O5S/c1-36-27(35)20-17-4-2-3-5-19(17)38-26(20)31-24(33)21-22(16-11-8-14(29)12-18(16)30)32(37-23(21)25(31)34)15-9-6-13(28)7-10-15/h6-12,21-23H,2-5H2,1H3/t21-,22-,23+/m0/s1. The van der Waals surface area contributed by atoms with Gasteiger partial charge < -0.3 is 4.74 Å². The summed E-state index contributed by atoms with van der Waals surface area (Å²) in [5.41, 5.74) is 2.35. The van der Waals surface area contributed by atoms with Gasteiger partial charge >= 0.3 is 5.97 Å². The molecule has 3 aliphatic rings. The maximum Gasteiger partial charge on any atom is 0.341 e. The third-order valence-corrected chi connectivity index (χ3v) is 9.31. The lowest BCUT2D eigenvalue weighted by molar-refractivity contribution is -0.126. The fourth-order valence-corrected chi connectivity index (χ4v) is 7.54. The number of halogens is 3. The zero-order valence-corrected chi connectivity index (χ0v) is 23.2. The number of thiophene rings is 1. The molecule has 3 aromatic rings. The number of amides is 2. The van der Waals surface area contributed by atoms with Gasteiger partial charge in [-0.2, -0.15) is 0 Å². The Balaban J connectivity index is 1.46. The van der Waals surface area contributed by atoms with E-state index in [2.05, 4.69) is 0 Å². The number of methoxy groups -OCH3 is 1. The highest BCUT2D eigenvalue weighted by atomic mass is 35.5. The molecule has 0 unspecified atom stereocenters. The van der Waals surface area contributed by atoms with Crippen molar-refractivity contribution in [2.45, 2.75) is 37.8 Å². The molecule has 1 aromatic heterocycles. The van der Waals surface area contributed by atoms with E-state index < -0.39 is 35.8 Å². The molecular weight excluding hydrogens is 571 g/mol. The zero-order chi connectivity index (χ0) is 26.7. The summed E-state index contributed by atoms with van der Waals surface area (Å²) >= 11 is 20.2. The first-order chi connectivity index (χ1) is 18.3. The average Bonchev–Trinajstić information content (AvgIpc) is 3.54. The minimum absolute atomic E-state index is 0.296. The van der Waals surface area contributed by atoms with Gasteiger partial charge in [0.25, 0.3) is 5.91 Å². The number of carbonyl (C=O) groups is 3. The molecule has 2 saturated heterocycles. The summed E-state index contributed by atoms with van der Waals surface area (Å²) < 4.78 is 5.07. The van der Waals surface area contributed by atoms with E-state index in [1.807, 2.05) is 0 Å². The van der Waals surface area contributed by atoms with Crippen LogP contribution in [0, 0.1) is 5.92 Å². The molecule has 0 bridgehead atoms. The van der Waals surface area contributed by atoms with Gasteiger partial charge in [-0.05, 0) is 73.2 Å². The highest BCUT2D eigenvalue weighted by molar-refractivity contribution is 7.17. The van der Waals surface area contributed by atoms with Gasteiger partial charge in [-0.1, -0.05) is 40.9 Å². The summed E-state index contributed by atoms with van der Waals surface area (Å²) in [6.07, 6.45) is 2.29. The predicted octanol–water partition coefficient (Wildman–Crippen LogP) is 6.42. The molecule has 2 aromatic carbocycles. The van der Waals surface area contributed by atoms with E-state index >= 15 is 0 Å². The predicted molar refractivity (Wildman–Crippen MR) is 146 cm³/mol. The largest absolute Gasteiger partial charge is 0.465 e. The van der Waals surface area contributed by atoms with E-state index in [1.165, 1.54) is 23.5 Å². The Bertz CT molecular complexity index is 1470. The quantitative estimate of drug-likeness (QED) is 0.257. The van der Waals surface area contributed by atoms with Crippen molar-refractivity contribution in [3.8, 4) is 0 Å². The number of aryl methyl sites for hydroxylation is 1. The molecule has 0 N–H and O–H groups in total. The average molecular weight is 592 g/mol. The van der Waals surface area contributed by atoms with Crippen molar-refractivity contribution >= 4 is 74.6 Å². The van der Waals surface area contributed by atoms with Gasteiger partial charge in [-0.25, -0.2) is 14.8 Å². The third kappa shape index (κ3) is 4.01. The van der Waals surface area contributed by atoms with Gasteiger partial charge in [0, 0.05) is 19.9 Å². The Kier molecular flexibility index (Phi) is 6.64. The van der Waals surface area contributed by atoms with Crippen LogP contribution in [-0.4, -0.2) is 31.0 Å². The van der Waals surface area contributed by atoms with Crippen LogP contribution in [0.4, 0.5) is 10.7 Å². The molecular formula is C27H21Cl3N2O5S. The van der Waals surface area contributed by atoms with Crippen molar-refractivity contribution < 1.29 is 24.0 Å². The topological polar surface area (TPSA) is 76.2 Å². The number of fused-ring (bicyclic) bond motifs is 2. The van der Waals surface area contributed by atoms with Crippen LogP contribution in [0.1, 0.15) is 45.2 Å². The van der Waals surface area contributed by atoms with Crippen molar-refractivity contribution in [1.29, 1.82) is 0 Å². The second-order valence-electron chi connectivity index (χ2n) is 9.36. The Hall–Kier alpha value is -2.62. The summed E-state index contributed by atoms with van der Waals surface area (Å²) in [4.78, 5) is 49.2. The second kappa shape index (κ2) is 9.84. The second-order valence-corrected chi connectivity index (χ2v) is 11.7. The van der Waals surface area contributed by atoms with Crippen LogP contribution in [0.5, 0.6) is 0 Å². The van der Waals surface area contributed by atoms with Crippen LogP contribution >= 0.6 is 46.1 Å². The number of imide groups is 1. The number of rotatable bonds is 4. The van der Waals surface area contributed by atoms with Crippen LogP contribution in [0.15, 0.2) is 42.5 Å². The lowest BCUT2D eigenvalue weighted by Crippen LogP contribution is -2.37. The number of esters is 1. The highest BCUT2D eigenvalue weighted by Crippen LogP contribution is 2.51. The van der Waals surface area contributed by atoms with Crippen molar-refractivity contribution in [3.05, 3.63) is 79.1 Å². The number of nitrogens with zero attached hydrogens (tertiary/aromatic N) is 2. The molecule has 6 rings (SSSR count). The Morgan fingerprint density at radius 1 is 1.00 bits per heavy atom. The van der Waals surface area contributed by atoms with E-state index in [0.717, 1.165) is 34.6 Å². The number of hydroxylamine groups is 1. The maximum absolute atomic E-state index is 14.1. The first-order valence-corrected chi connectivity index (χ1v) is 14.0. The minimum Gasteiger partial charge on any atom is -0.465 e. The van der Waals surface area contributed by atoms with Crippen LogP contribution in [0.3, 0.4) is 0 Å². The zero-order valence-electron chi connectivity index (χ0n) is 20.1. The molecule has 0 saturated carbocycles. The minimum atomic E-state index is -1.11. The normalized spacial score (nSPS) is 22.6. The van der Waals surface area contributed by atoms with E-state index in [9.17, 15) is 14.4 Å². The SMILES string of the molecule is COC(=O)c1c(N2C(=O)[C@@H]3[C@@H](ON(c4ccc(Cl)cc4)[C@H]3c3ccc(Cl)cc3Cl)C2=O)sc2c1CCCC2. The summed E-state index contributed by atoms with van der Waals surface area (Å²) in [6, 6.07) is 11.2. The number of ether oxygens (including phenoxy) is 1. The maximum atomic E-state index is 14.1. The van der Waals surface area contributed by atoms with Gasteiger partial charge in [-0.15, -0.1) is 11.3 Å². The van der Waals surface area contributed by atoms with Crippen molar-refractivity contribution in [3.63, 3.8) is 0 Å². The molecule has 3 heterocycles. The van der Waals surface area contributed by atoms with Gasteiger partial charge in [0.1, 0.15) is 10.9 Å². The molecule has 196 valence electrons. The van der Waals surface area contributed by atoms with Crippen molar-refractivity contribution in [2.75, 3.05) is 17.1 Å². The van der Waals surface area contributed by atoms with Crippen LogP contribution in [0.2, 0.25) is 15.1 Å². The molecule has 2 fully saturated rings. The van der Waals surface area contributed by atoms with E-state index in [1.54, 1.807) is 42.5 Å². The Morgan fingerprint density at radius 3 is 2.42 bits per heavy atom. The molecule has 1 aliphatic carbocycles. The Morgan fingerprint density at radius 2 is 1.71 bits per heavy atom. The highest BCUT2D eigenvalue weighted by Gasteiger charge is 2.61. The van der Waals surface area contributed by atoms with E-state index in [4.69, 9.17) is 44.4 Å². The monoisotopic (exact) mass is 590 g/mol. The first-order valence-electron chi connectivity index (χ1n) is 12.1. The molecule has 11 heteroatoms. The number of anilines is 2. The van der Waals surface area contributed by atoms with Gasteiger partial charge in [0.2, 0.25) is 5.91 Å². The Labute approximate surface area is 237 Å². The van der Waals surface area contributed by atoms with Crippen LogP contribution in [-0.2, 0) is 32.0 Å². The summed E-state index contributed by atoms with van der Waals surface area (Å²) in [7, 11) is 1.30. The lowest BCUT2D eigenvalue weighted by atomic mass is 9.90. The number of benzene rings is 2. The molecule has 2 amide bonds. The van der Waals surface area contributed by atoms with Gasteiger partial charge in [0.05, 0.1) is 24.4 Å². The third-order valence-electron chi connectivity index (χ3n) is 7.22. The van der Waals surface area contributed by atoms with Crippen molar-refractivity contribution in [1.82, 2.24) is 0 Å². The molecule has 38 heavy (non-hydrogen) atoms. The first kappa shape index (κ1) is 25.6. The number of carbonyl (C=O) groups excluding carboxylic acids is 3. The van der Waals surface area contributed by atoms with Gasteiger partial charge in [0.15, 0.2) is 6.10 Å². The smallest absolute Gasteiger partial charge is 0.341 e. The molecule has 3 atom stereocenters. The fraction of sp³-hybridized carbons (Fsp3) is 0.296. The summed E-state index contributed by atoms with van der Waals surface area (Å²) in [6.45, 7) is 0.